The van der Waals surface area contributed by atoms with E-state index in [1.54, 1.807) is 12.1 Å². The summed E-state index contributed by atoms with van der Waals surface area (Å²) >= 11 is 3.18. The van der Waals surface area contributed by atoms with E-state index in [1.807, 2.05) is 42.5 Å². The number of carbonyl (C=O) groups excluding carboxylic acids is 1. The topological polar surface area (TPSA) is 51.5 Å². The molecule has 0 atom stereocenters. The molecule has 0 radical (unpaired) electrons. The molecule has 1 heterocycles. The van der Waals surface area contributed by atoms with Crippen molar-refractivity contribution in [1.29, 1.82) is 0 Å². The highest BCUT2D eigenvalue weighted by Crippen LogP contribution is 2.26. The van der Waals surface area contributed by atoms with Gasteiger partial charge >= 0.3 is 0 Å². The van der Waals surface area contributed by atoms with Gasteiger partial charge in [-0.2, -0.15) is 0 Å². The number of rotatable bonds is 5. The minimum absolute atomic E-state index is 0.0816. The van der Waals surface area contributed by atoms with E-state index >= 15 is 0 Å². The van der Waals surface area contributed by atoms with E-state index in [0.717, 1.165) is 16.5 Å². The Kier molecular flexibility index (Phi) is 5.12. The van der Waals surface area contributed by atoms with E-state index in [2.05, 4.69) is 21.2 Å². The van der Waals surface area contributed by atoms with Gasteiger partial charge in [-0.25, -0.2) is 4.39 Å². The van der Waals surface area contributed by atoms with Crippen molar-refractivity contribution in [2.75, 3.05) is 5.32 Å². The zero-order valence-electron chi connectivity index (χ0n) is 14.6. The molecule has 4 aromatic rings. The van der Waals surface area contributed by atoms with Crippen molar-refractivity contribution in [3.05, 3.63) is 94.6 Å². The average molecular weight is 440 g/mol. The molecule has 0 saturated carbocycles. The fourth-order valence-corrected chi connectivity index (χ4v) is 3.16. The molecule has 28 heavy (non-hydrogen) atoms. The molecule has 0 aliphatic heterocycles. The Morgan fingerprint density at radius 1 is 1.04 bits per heavy atom. The number of anilines is 1. The molecular weight excluding hydrogens is 425 g/mol. The fourth-order valence-electron chi connectivity index (χ4n) is 2.82. The number of hydrogen-bond acceptors (Lipinski definition) is 3. The van der Waals surface area contributed by atoms with Crippen molar-refractivity contribution in [3.8, 4) is 5.75 Å². The first kappa shape index (κ1) is 18.3. The molecule has 1 N–H and O–H groups in total. The number of ether oxygens (including phenoxy) is 1. The summed E-state index contributed by atoms with van der Waals surface area (Å²) in [6.45, 7) is 0.175. The largest absolute Gasteiger partial charge is 0.485 e. The Labute approximate surface area is 169 Å². The summed E-state index contributed by atoms with van der Waals surface area (Å²) < 4.78 is 25.9. The second-order valence-corrected chi connectivity index (χ2v) is 7.03. The van der Waals surface area contributed by atoms with Crippen molar-refractivity contribution >= 4 is 38.3 Å². The van der Waals surface area contributed by atoms with Crippen LogP contribution >= 0.6 is 15.9 Å². The molecule has 3 aromatic carbocycles. The quantitative estimate of drug-likeness (QED) is 0.404. The maximum Gasteiger partial charge on any atom is 0.291 e. The Morgan fingerprint density at radius 3 is 2.71 bits per heavy atom. The van der Waals surface area contributed by atoms with Crippen molar-refractivity contribution in [2.45, 2.75) is 6.61 Å². The highest BCUT2D eigenvalue weighted by atomic mass is 79.9. The van der Waals surface area contributed by atoms with Crippen LogP contribution in [0.5, 0.6) is 5.75 Å². The van der Waals surface area contributed by atoms with Crippen molar-refractivity contribution < 1.29 is 18.3 Å². The molecule has 4 nitrogen and oxygen atoms in total. The second kappa shape index (κ2) is 7.86. The van der Waals surface area contributed by atoms with Gasteiger partial charge in [-0.1, -0.05) is 52.3 Å². The van der Waals surface area contributed by atoms with Gasteiger partial charge in [-0.05, 0) is 41.8 Å². The third-order valence-electron chi connectivity index (χ3n) is 4.18. The van der Waals surface area contributed by atoms with E-state index < -0.39 is 11.7 Å². The number of benzene rings is 3. The Hall–Kier alpha value is -3.12. The molecule has 6 heteroatoms. The zero-order valence-corrected chi connectivity index (χ0v) is 16.2. The number of nitrogens with one attached hydrogen (secondary N) is 1. The Bertz CT molecular complexity index is 1150. The average Bonchev–Trinajstić information content (AvgIpc) is 3.17. The lowest BCUT2D eigenvalue weighted by Gasteiger charge is -2.08. The smallest absolute Gasteiger partial charge is 0.291 e. The van der Waals surface area contributed by atoms with E-state index in [0.29, 0.717) is 10.2 Å². The summed E-state index contributed by atoms with van der Waals surface area (Å²) in [6, 6.07) is 21.3. The summed E-state index contributed by atoms with van der Waals surface area (Å²) in [5.41, 5.74) is 0.0816. The third-order valence-corrected chi connectivity index (χ3v) is 4.68. The van der Waals surface area contributed by atoms with E-state index in [1.165, 1.54) is 18.2 Å². The van der Waals surface area contributed by atoms with Gasteiger partial charge in [0.2, 0.25) is 0 Å². The summed E-state index contributed by atoms with van der Waals surface area (Å²) in [7, 11) is 0. The summed E-state index contributed by atoms with van der Waals surface area (Å²) in [6.07, 6.45) is 0. The Morgan fingerprint density at radius 2 is 1.86 bits per heavy atom. The van der Waals surface area contributed by atoms with Crippen LogP contribution in [0.25, 0.3) is 10.8 Å². The molecule has 0 aliphatic carbocycles. The molecule has 4 rings (SSSR count). The number of amides is 1. The van der Waals surface area contributed by atoms with Gasteiger partial charge in [-0.3, -0.25) is 4.79 Å². The highest BCUT2D eigenvalue weighted by Gasteiger charge is 2.14. The molecule has 0 spiro atoms. The van der Waals surface area contributed by atoms with Crippen LogP contribution in [0.2, 0.25) is 0 Å². The lowest BCUT2D eigenvalue weighted by molar-refractivity contribution is 0.0992. The maximum atomic E-state index is 13.9. The van der Waals surface area contributed by atoms with Gasteiger partial charge in [0, 0.05) is 9.86 Å². The summed E-state index contributed by atoms with van der Waals surface area (Å²) in [5.74, 6) is 0.247. The predicted octanol–water partition coefficient (Wildman–Crippen LogP) is 6.17. The van der Waals surface area contributed by atoms with Crippen LogP contribution < -0.4 is 10.1 Å². The molecule has 140 valence electrons. The summed E-state index contributed by atoms with van der Waals surface area (Å²) in [5, 5.41) is 4.58. The van der Waals surface area contributed by atoms with E-state index in [9.17, 15) is 9.18 Å². The maximum absolute atomic E-state index is 13.9. The molecule has 1 aromatic heterocycles. The standard InChI is InChI=1S/C22H15BrFNO3/c23-15-8-10-19(18(24)12-15)25-22(26)21-11-9-16(28-21)13-27-20-7-3-5-14-4-1-2-6-17(14)20/h1-12H,13H2,(H,25,26). The van der Waals surface area contributed by atoms with Crippen molar-refractivity contribution in [2.24, 2.45) is 0 Å². The molecular formula is C22H15BrFNO3. The second-order valence-electron chi connectivity index (χ2n) is 6.11. The number of furan rings is 1. The van der Waals surface area contributed by atoms with Gasteiger partial charge in [0.15, 0.2) is 5.76 Å². The monoisotopic (exact) mass is 439 g/mol. The van der Waals surface area contributed by atoms with Crippen LogP contribution in [0.15, 0.2) is 81.7 Å². The van der Waals surface area contributed by atoms with Gasteiger partial charge in [-0.15, -0.1) is 0 Å². The minimum Gasteiger partial charge on any atom is -0.485 e. The van der Waals surface area contributed by atoms with Crippen LogP contribution in [-0.4, -0.2) is 5.91 Å². The molecule has 0 fully saturated rings. The van der Waals surface area contributed by atoms with E-state index in [4.69, 9.17) is 9.15 Å². The van der Waals surface area contributed by atoms with E-state index in [-0.39, 0.29) is 18.1 Å². The Balaban J connectivity index is 1.44. The van der Waals surface area contributed by atoms with Crippen molar-refractivity contribution in [1.82, 2.24) is 0 Å². The fraction of sp³-hybridized carbons (Fsp3) is 0.0455. The lowest BCUT2D eigenvalue weighted by atomic mass is 10.1. The van der Waals surface area contributed by atoms with Crippen molar-refractivity contribution in [3.63, 3.8) is 0 Å². The predicted molar refractivity (Wildman–Crippen MR) is 109 cm³/mol. The normalized spacial score (nSPS) is 10.8. The first-order valence-electron chi connectivity index (χ1n) is 8.56. The van der Waals surface area contributed by atoms with Crippen LogP contribution in [0.3, 0.4) is 0 Å². The minimum atomic E-state index is -0.534. The van der Waals surface area contributed by atoms with Crippen LogP contribution in [0.1, 0.15) is 16.3 Å². The molecule has 0 unspecified atom stereocenters. The molecule has 0 bridgehead atoms. The van der Waals surface area contributed by atoms with Gasteiger partial charge < -0.3 is 14.5 Å². The van der Waals surface area contributed by atoms with Crippen LogP contribution in [-0.2, 0) is 6.61 Å². The van der Waals surface area contributed by atoms with Gasteiger partial charge in [0.25, 0.3) is 5.91 Å². The van der Waals surface area contributed by atoms with Crippen LogP contribution in [0, 0.1) is 5.82 Å². The molecule has 1 amide bonds. The van der Waals surface area contributed by atoms with Crippen LogP contribution in [0.4, 0.5) is 10.1 Å². The SMILES string of the molecule is O=C(Nc1ccc(Br)cc1F)c1ccc(COc2cccc3ccccc23)o1. The number of halogens is 2. The lowest BCUT2D eigenvalue weighted by Crippen LogP contribution is -2.12. The zero-order chi connectivity index (χ0) is 19.5. The van der Waals surface area contributed by atoms with Gasteiger partial charge in [0.1, 0.15) is 23.9 Å². The highest BCUT2D eigenvalue weighted by molar-refractivity contribution is 9.10. The first-order chi connectivity index (χ1) is 13.6. The third kappa shape index (κ3) is 3.92. The molecule has 0 saturated heterocycles. The number of fused-ring (bicyclic) bond motifs is 1. The molecule has 0 aliphatic rings. The number of carbonyl (C=O) groups is 1. The van der Waals surface area contributed by atoms with Gasteiger partial charge in [0.05, 0.1) is 5.69 Å². The summed E-state index contributed by atoms with van der Waals surface area (Å²) in [4.78, 5) is 12.3. The number of hydrogen-bond donors (Lipinski definition) is 1. The first-order valence-corrected chi connectivity index (χ1v) is 9.35.